The molecule has 0 bridgehead atoms. The fourth-order valence-corrected chi connectivity index (χ4v) is 2.03. The number of benzene rings is 1. The lowest BCUT2D eigenvalue weighted by atomic mass is 10.0. The first-order chi connectivity index (χ1) is 8.11. The third-order valence-corrected chi connectivity index (χ3v) is 3.06. The molecule has 0 saturated heterocycles. The molecule has 0 saturated carbocycles. The van der Waals surface area contributed by atoms with Crippen LogP contribution in [0.2, 0.25) is 0 Å². The standard InChI is InChI=1S/C13H13BrO3/c1-8-7-9(16-2)3-4-10(8)13(15)11-5-6-12(14)17-11/h3-7,13,15H,1-2H3. The molecular weight excluding hydrogens is 284 g/mol. The highest BCUT2D eigenvalue weighted by atomic mass is 79.9. The van der Waals surface area contributed by atoms with Crippen molar-refractivity contribution < 1.29 is 14.3 Å². The number of methoxy groups -OCH3 is 1. The molecule has 4 heteroatoms. The fourth-order valence-electron chi connectivity index (χ4n) is 1.71. The van der Waals surface area contributed by atoms with Gasteiger partial charge in [0, 0.05) is 0 Å². The molecule has 1 N–H and O–H groups in total. The topological polar surface area (TPSA) is 42.6 Å². The van der Waals surface area contributed by atoms with Crippen molar-refractivity contribution in [3.8, 4) is 5.75 Å². The first-order valence-electron chi connectivity index (χ1n) is 5.19. The van der Waals surface area contributed by atoms with Gasteiger partial charge in [-0.15, -0.1) is 0 Å². The minimum atomic E-state index is -0.757. The summed E-state index contributed by atoms with van der Waals surface area (Å²) in [5, 5.41) is 10.2. The van der Waals surface area contributed by atoms with Crippen LogP contribution in [-0.2, 0) is 0 Å². The Morgan fingerprint density at radius 2 is 2.06 bits per heavy atom. The van der Waals surface area contributed by atoms with E-state index in [1.54, 1.807) is 19.2 Å². The number of hydrogen-bond acceptors (Lipinski definition) is 3. The largest absolute Gasteiger partial charge is 0.497 e. The van der Waals surface area contributed by atoms with Crippen LogP contribution >= 0.6 is 15.9 Å². The number of aliphatic hydroxyl groups is 1. The normalized spacial score (nSPS) is 12.5. The number of furan rings is 1. The molecule has 1 unspecified atom stereocenters. The summed E-state index contributed by atoms with van der Waals surface area (Å²) in [5.41, 5.74) is 1.78. The summed E-state index contributed by atoms with van der Waals surface area (Å²) >= 11 is 3.22. The van der Waals surface area contributed by atoms with Gasteiger partial charge >= 0.3 is 0 Å². The van der Waals surface area contributed by atoms with Crippen molar-refractivity contribution in [3.05, 3.63) is 51.9 Å². The molecule has 1 aromatic carbocycles. The molecule has 0 aliphatic heterocycles. The van der Waals surface area contributed by atoms with E-state index in [1.807, 2.05) is 25.1 Å². The predicted molar refractivity (Wildman–Crippen MR) is 68.2 cm³/mol. The highest BCUT2D eigenvalue weighted by molar-refractivity contribution is 9.10. The van der Waals surface area contributed by atoms with E-state index in [-0.39, 0.29) is 0 Å². The molecule has 0 aliphatic rings. The molecule has 0 radical (unpaired) electrons. The lowest BCUT2D eigenvalue weighted by Gasteiger charge is -2.12. The van der Waals surface area contributed by atoms with Crippen LogP contribution in [0.5, 0.6) is 5.75 Å². The van der Waals surface area contributed by atoms with Crippen LogP contribution in [0.15, 0.2) is 39.4 Å². The molecule has 2 aromatic rings. The van der Waals surface area contributed by atoms with Crippen molar-refractivity contribution in [2.24, 2.45) is 0 Å². The van der Waals surface area contributed by atoms with E-state index in [9.17, 15) is 5.11 Å². The lowest BCUT2D eigenvalue weighted by molar-refractivity contribution is 0.187. The van der Waals surface area contributed by atoms with E-state index < -0.39 is 6.10 Å². The minimum Gasteiger partial charge on any atom is -0.497 e. The Labute approximate surface area is 108 Å². The van der Waals surface area contributed by atoms with Crippen molar-refractivity contribution in [3.63, 3.8) is 0 Å². The highest BCUT2D eigenvalue weighted by Crippen LogP contribution is 2.29. The zero-order valence-corrected chi connectivity index (χ0v) is 11.2. The molecule has 90 valence electrons. The Morgan fingerprint density at radius 3 is 2.59 bits per heavy atom. The van der Waals surface area contributed by atoms with Crippen LogP contribution in [0.25, 0.3) is 0 Å². The summed E-state index contributed by atoms with van der Waals surface area (Å²) in [4.78, 5) is 0. The molecule has 0 amide bonds. The first-order valence-corrected chi connectivity index (χ1v) is 5.99. The number of rotatable bonds is 3. The Kier molecular flexibility index (Phi) is 3.54. The monoisotopic (exact) mass is 296 g/mol. The second-order valence-electron chi connectivity index (χ2n) is 3.77. The molecule has 1 atom stereocenters. The van der Waals surface area contributed by atoms with Gasteiger partial charge in [-0.25, -0.2) is 0 Å². The molecule has 1 aromatic heterocycles. The van der Waals surface area contributed by atoms with Gasteiger partial charge in [-0.1, -0.05) is 6.07 Å². The van der Waals surface area contributed by atoms with Gasteiger partial charge < -0.3 is 14.3 Å². The van der Waals surface area contributed by atoms with Gasteiger partial charge in [-0.3, -0.25) is 0 Å². The maximum Gasteiger partial charge on any atom is 0.169 e. The molecule has 1 heterocycles. The summed E-state index contributed by atoms with van der Waals surface area (Å²) in [7, 11) is 1.62. The molecule has 0 fully saturated rings. The van der Waals surface area contributed by atoms with E-state index in [0.717, 1.165) is 16.9 Å². The number of hydrogen-bond donors (Lipinski definition) is 1. The van der Waals surface area contributed by atoms with Crippen LogP contribution in [0, 0.1) is 6.92 Å². The summed E-state index contributed by atoms with van der Waals surface area (Å²) < 4.78 is 11.1. The molecule has 0 aliphatic carbocycles. The first kappa shape index (κ1) is 12.2. The number of halogens is 1. The zero-order chi connectivity index (χ0) is 12.4. The zero-order valence-electron chi connectivity index (χ0n) is 9.61. The lowest BCUT2D eigenvalue weighted by Crippen LogP contribution is -2.01. The summed E-state index contributed by atoms with van der Waals surface area (Å²) in [6.07, 6.45) is -0.757. The average molecular weight is 297 g/mol. The van der Waals surface area contributed by atoms with Crippen molar-refractivity contribution in [2.75, 3.05) is 7.11 Å². The second-order valence-corrected chi connectivity index (χ2v) is 4.55. The van der Waals surface area contributed by atoms with E-state index in [4.69, 9.17) is 9.15 Å². The van der Waals surface area contributed by atoms with Gasteiger partial charge in [-0.2, -0.15) is 0 Å². The van der Waals surface area contributed by atoms with Gasteiger partial charge in [-0.05, 0) is 58.2 Å². The van der Waals surface area contributed by atoms with Crippen LogP contribution in [-0.4, -0.2) is 12.2 Å². The quantitative estimate of drug-likeness (QED) is 0.943. The van der Waals surface area contributed by atoms with E-state index in [0.29, 0.717) is 10.4 Å². The Bertz CT molecular complexity index is 519. The van der Waals surface area contributed by atoms with Gasteiger partial charge in [0.2, 0.25) is 0 Å². The van der Waals surface area contributed by atoms with Crippen LogP contribution in [0.1, 0.15) is 23.0 Å². The van der Waals surface area contributed by atoms with Gasteiger partial charge in [0.25, 0.3) is 0 Å². The van der Waals surface area contributed by atoms with Gasteiger partial charge in [0.05, 0.1) is 7.11 Å². The van der Waals surface area contributed by atoms with Crippen molar-refractivity contribution in [1.82, 2.24) is 0 Å². The number of ether oxygens (including phenoxy) is 1. The second kappa shape index (κ2) is 4.94. The number of aryl methyl sites for hydroxylation is 1. The minimum absolute atomic E-state index is 0.519. The number of aliphatic hydroxyl groups excluding tert-OH is 1. The Hall–Kier alpha value is -1.26. The van der Waals surface area contributed by atoms with Crippen molar-refractivity contribution in [2.45, 2.75) is 13.0 Å². The van der Waals surface area contributed by atoms with E-state index >= 15 is 0 Å². The fraction of sp³-hybridized carbons (Fsp3) is 0.231. The van der Waals surface area contributed by atoms with Crippen LogP contribution in [0.3, 0.4) is 0 Å². The summed E-state index contributed by atoms with van der Waals surface area (Å²) in [6, 6.07) is 9.06. The van der Waals surface area contributed by atoms with E-state index in [1.165, 1.54) is 0 Å². The highest BCUT2D eigenvalue weighted by Gasteiger charge is 2.16. The molecule has 2 rings (SSSR count). The van der Waals surface area contributed by atoms with Gasteiger partial charge in [0.1, 0.15) is 17.6 Å². The maximum atomic E-state index is 10.2. The van der Waals surface area contributed by atoms with Gasteiger partial charge in [0.15, 0.2) is 4.67 Å². The van der Waals surface area contributed by atoms with Crippen LogP contribution in [0.4, 0.5) is 0 Å². The van der Waals surface area contributed by atoms with Crippen LogP contribution < -0.4 is 4.74 Å². The third kappa shape index (κ3) is 2.53. The van der Waals surface area contributed by atoms with Crippen molar-refractivity contribution >= 4 is 15.9 Å². The van der Waals surface area contributed by atoms with Crippen molar-refractivity contribution in [1.29, 1.82) is 0 Å². The molecule has 17 heavy (non-hydrogen) atoms. The Balaban J connectivity index is 2.34. The molecule has 3 nitrogen and oxygen atoms in total. The maximum absolute atomic E-state index is 10.2. The molecule has 0 spiro atoms. The Morgan fingerprint density at radius 1 is 1.29 bits per heavy atom. The molecular formula is C13H13BrO3. The average Bonchev–Trinajstić information content (AvgIpc) is 2.75. The third-order valence-electron chi connectivity index (χ3n) is 2.64. The predicted octanol–water partition coefficient (Wildman–Crippen LogP) is 3.44. The SMILES string of the molecule is COc1ccc(C(O)c2ccc(Br)o2)c(C)c1. The summed E-state index contributed by atoms with van der Waals surface area (Å²) in [6.45, 7) is 1.93. The smallest absolute Gasteiger partial charge is 0.169 e. The van der Waals surface area contributed by atoms with E-state index in [2.05, 4.69) is 15.9 Å². The summed E-state index contributed by atoms with van der Waals surface area (Å²) in [5.74, 6) is 1.30.